The molecule has 0 saturated carbocycles. The summed E-state index contributed by atoms with van der Waals surface area (Å²) in [6.07, 6.45) is 0. The van der Waals surface area contributed by atoms with Gasteiger partial charge in [-0.3, -0.25) is 9.69 Å². The molecule has 0 amide bonds. The standard InChI is InChI=1S/C15H20BrNO2/c1-9(2)17-7-13(14(8-17)15(18)19)12-5-4-11(16)6-10(12)3/h4-6,9,13-14H,7-8H2,1-3H3,(H,18,19). The maximum absolute atomic E-state index is 11.5. The second kappa shape index (κ2) is 5.63. The van der Waals surface area contributed by atoms with E-state index < -0.39 is 5.97 Å². The Balaban J connectivity index is 2.33. The van der Waals surface area contributed by atoms with Crippen molar-refractivity contribution in [3.8, 4) is 0 Å². The molecule has 0 radical (unpaired) electrons. The lowest BCUT2D eigenvalue weighted by Crippen LogP contribution is -2.29. The summed E-state index contributed by atoms with van der Waals surface area (Å²) in [5.74, 6) is -0.897. The Morgan fingerprint density at radius 2 is 2.11 bits per heavy atom. The van der Waals surface area contributed by atoms with Gasteiger partial charge in [-0.2, -0.15) is 0 Å². The molecule has 1 saturated heterocycles. The lowest BCUT2D eigenvalue weighted by Gasteiger charge is -2.20. The van der Waals surface area contributed by atoms with Gasteiger partial charge in [-0.25, -0.2) is 0 Å². The summed E-state index contributed by atoms with van der Waals surface area (Å²) in [7, 11) is 0. The number of likely N-dealkylation sites (tertiary alicyclic amines) is 1. The van der Waals surface area contributed by atoms with Crippen molar-refractivity contribution in [1.29, 1.82) is 0 Å². The second-order valence-electron chi connectivity index (χ2n) is 5.60. The lowest BCUT2D eigenvalue weighted by molar-refractivity contribution is -0.141. The fourth-order valence-electron chi connectivity index (χ4n) is 2.88. The summed E-state index contributed by atoms with van der Waals surface area (Å²) < 4.78 is 1.04. The fraction of sp³-hybridized carbons (Fsp3) is 0.533. The first kappa shape index (κ1) is 14.5. The van der Waals surface area contributed by atoms with Crippen molar-refractivity contribution in [3.05, 3.63) is 33.8 Å². The molecule has 2 unspecified atom stereocenters. The first-order valence-electron chi connectivity index (χ1n) is 6.63. The molecule has 0 aliphatic carbocycles. The van der Waals surface area contributed by atoms with E-state index >= 15 is 0 Å². The Morgan fingerprint density at radius 3 is 2.63 bits per heavy atom. The SMILES string of the molecule is Cc1cc(Br)ccc1C1CN(C(C)C)CC1C(=O)O. The van der Waals surface area contributed by atoms with Crippen LogP contribution >= 0.6 is 15.9 Å². The number of benzene rings is 1. The van der Waals surface area contributed by atoms with Crippen molar-refractivity contribution < 1.29 is 9.90 Å². The van der Waals surface area contributed by atoms with Gasteiger partial charge in [-0.05, 0) is 44.0 Å². The molecular weight excluding hydrogens is 306 g/mol. The Labute approximate surface area is 122 Å². The molecule has 0 spiro atoms. The average molecular weight is 326 g/mol. The van der Waals surface area contributed by atoms with E-state index in [4.69, 9.17) is 0 Å². The van der Waals surface area contributed by atoms with Gasteiger partial charge in [0.25, 0.3) is 0 Å². The van der Waals surface area contributed by atoms with Crippen LogP contribution in [-0.4, -0.2) is 35.1 Å². The van der Waals surface area contributed by atoms with Gasteiger partial charge in [0.15, 0.2) is 0 Å². The van der Waals surface area contributed by atoms with Crippen LogP contribution in [-0.2, 0) is 4.79 Å². The molecule has 1 fully saturated rings. The number of aliphatic carboxylic acids is 1. The Morgan fingerprint density at radius 1 is 1.42 bits per heavy atom. The van der Waals surface area contributed by atoms with Gasteiger partial charge in [0.05, 0.1) is 5.92 Å². The first-order chi connectivity index (χ1) is 8.90. The molecule has 0 aromatic heterocycles. The predicted octanol–water partition coefficient (Wildman–Crippen LogP) is 3.27. The molecule has 1 aliphatic rings. The van der Waals surface area contributed by atoms with Gasteiger partial charge in [-0.1, -0.05) is 22.0 Å². The van der Waals surface area contributed by atoms with Crippen LogP contribution in [0.25, 0.3) is 0 Å². The number of carbonyl (C=O) groups is 1. The minimum Gasteiger partial charge on any atom is -0.481 e. The number of carboxylic acids is 1. The van der Waals surface area contributed by atoms with E-state index in [9.17, 15) is 9.90 Å². The zero-order valence-corrected chi connectivity index (χ0v) is 13.1. The predicted molar refractivity (Wildman–Crippen MR) is 79.5 cm³/mol. The molecule has 19 heavy (non-hydrogen) atoms. The molecule has 1 aromatic rings. The van der Waals surface area contributed by atoms with Gasteiger partial charge in [-0.15, -0.1) is 0 Å². The molecule has 104 valence electrons. The average Bonchev–Trinajstić information content (AvgIpc) is 2.73. The highest BCUT2D eigenvalue weighted by atomic mass is 79.9. The largest absolute Gasteiger partial charge is 0.481 e. The third-order valence-corrected chi connectivity index (χ3v) is 4.52. The monoisotopic (exact) mass is 325 g/mol. The summed E-state index contributed by atoms with van der Waals surface area (Å²) in [5.41, 5.74) is 2.33. The maximum atomic E-state index is 11.5. The Hall–Kier alpha value is -0.870. The van der Waals surface area contributed by atoms with Crippen molar-refractivity contribution >= 4 is 21.9 Å². The zero-order valence-electron chi connectivity index (χ0n) is 11.6. The smallest absolute Gasteiger partial charge is 0.308 e. The molecular formula is C15H20BrNO2. The molecule has 2 atom stereocenters. The van der Waals surface area contributed by atoms with E-state index in [1.54, 1.807) is 0 Å². The molecule has 1 aliphatic heterocycles. The van der Waals surface area contributed by atoms with Crippen molar-refractivity contribution in [2.24, 2.45) is 5.92 Å². The Bertz CT molecular complexity index is 487. The number of hydrogen-bond donors (Lipinski definition) is 1. The van der Waals surface area contributed by atoms with E-state index in [1.165, 1.54) is 5.56 Å². The number of halogens is 1. The number of aryl methyl sites for hydroxylation is 1. The van der Waals surface area contributed by atoms with Crippen LogP contribution in [0.15, 0.2) is 22.7 Å². The van der Waals surface area contributed by atoms with E-state index in [0.29, 0.717) is 12.6 Å². The number of carboxylic acid groups (broad SMARTS) is 1. The molecule has 1 N–H and O–H groups in total. The van der Waals surface area contributed by atoms with Crippen LogP contribution in [0.2, 0.25) is 0 Å². The molecule has 0 bridgehead atoms. The van der Waals surface area contributed by atoms with Gasteiger partial charge in [0.1, 0.15) is 0 Å². The van der Waals surface area contributed by atoms with Crippen LogP contribution in [0.1, 0.15) is 30.9 Å². The van der Waals surface area contributed by atoms with E-state index in [2.05, 4.69) is 53.7 Å². The quantitative estimate of drug-likeness (QED) is 0.927. The van der Waals surface area contributed by atoms with Crippen molar-refractivity contribution in [2.75, 3.05) is 13.1 Å². The zero-order chi connectivity index (χ0) is 14.2. The fourth-order valence-corrected chi connectivity index (χ4v) is 3.35. The topological polar surface area (TPSA) is 40.5 Å². The number of nitrogens with zero attached hydrogens (tertiary/aromatic N) is 1. The molecule has 1 aromatic carbocycles. The van der Waals surface area contributed by atoms with Crippen molar-refractivity contribution in [2.45, 2.75) is 32.7 Å². The van der Waals surface area contributed by atoms with Crippen molar-refractivity contribution in [1.82, 2.24) is 4.90 Å². The van der Waals surface area contributed by atoms with Gasteiger partial charge < -0.3 is 5.11 Å². The number of rotatable bonds is 3. The van der Waals surface area contributed by atoms with Crippen LogP contribution in [0, 0.1) is 12.8 Å². The minimum absolute atomic E-state index is 0.0907. The second-order valence-corrected chi connectivity index (χ2v) is 6.52. The van der Waals surface area contributed by atoms with Crippen LogP contribution in [0.5, 0.6) is 0 Å². The maximum Gasteiger partial charge on any atom is 0.308 e. The Kier molecular flexibility index (Phi) is 4.31. The molecule has 3 nitrogen and oxygen atoms in total. The van der Waals surface area contributed by atoms with Gasteiger partial charge in [0, 0.05) is 29.5 Å². The van der Waals surface area contributed by atoms with Crippen LogP contribution in [0.3, 0.4) is 0 Å². The highest BCUT2D eigenvalue weighted by Gasteiger charge is 2.39. The third-order valence-electron chi connectivity index (χ3n) is 4.03. The summed E-state index contributed by atoms with van der Waals surface area (Å²) >= 11 is 3.46. The van der Waals surface area contributed by atoms with Gasteiger partial charge >= 0.3 is 5.97 Å². The van der Waals surface area contributed by atoms with Crippen LogP contribution in [0.4, 0.5) is 0 Å². The lowest BCUT2D eigenvalue weighted by atomic mass is 9.86. The summed E-state index contributed by atoms with van der Waals surface area (Å²) in [6, 6.07) is 6.51. The highest BCUT2D eigenvalue weighted by molar-refractivity contribution is 9.10. The van der Waals surface area contributed by atoms with Crippen LogP contribution < -0.4 is 0 Å². The first-order valence-corrected chi connectivity index (χ1v) is 7.42. The van der Waals surface area contributed by atoms with Gasteiger partial charge in [0.2, 0.25) is 0 Å². The van der Waals surface area contributed by atoms with Crippen molar-refractivity contribution in [3.63, 3.8) is 0 Å². The molecule has 4 heteroatoms. The third kappa shape index (κ3) is 3.00. The van der Waals surface area contributed by atoms with E-state index in [1.807, 2.05) is 6.07 Å². The van der Waals surface area contributed by atoms with E-state index in [0.717, 1.165) is 16.6 Å². The summed E-state index contributed by atoms with van der Waals surface area (Å²) in [4.78, 5) is 13.8. The van der Waals surface area contributed by atoms with E-state index in [-0.39, 0.29) is 11.8 Å². The number of hydrogen-bond acceptors (Lipinski definition) is 2. The summed E-state index contributed by atoms with van der Waals surface area (Å²) in [6.45, 7) is 7.77. The highest BCUT2D eigenvalue weighted by Crippen LogP contribution is 2.36. The minimum atomic E-state index is -0.685. The summed E-state index contributed by atoms with van der Waals surface area (Å²) in [5, 5.41) is 9.45. The molecule has 2 rings (SSSR count). The molecule has 1 heterocycles. The normalized spacial score (nSPS) is 24.1.